The number of hydrogen-bond acceptors (Lipinski definition) is 7. The third-order valence-corrected chi connectivity index (χ3v) is 7.77. The molecule has 2 aliphatic carbocycles. The average molecular weight is 538 g/mol. The summed E-state index contributed by atoms with van der Waals surface area (Å²) in [5.74, 6) is 12.7. The predicted molar refractivity (Wildman–Crippen MR) is 137 cm³/mol. The Morgan fingerprint density at radius 2 is 2.08 bits per heavy atom. The quantitative estimate of drug-likeness (QED) is 0.330. The van der Waals surface area contributed by atoms with E-state index in [1.807, 2.05) is 19.9 Å². The molecule has 4 bridgehead atoms. The highest BCUT2D eigenvalue weighted by Gasteiger charge is 2.63. The van der Waals surface area contributed by atoms with Gasteiger partial charge in [-0.25, -0.2) is 0 Å². The third kappa shape index (κ3) is 4.09. The Morgan fingerprint density at radius 1 is 1.24 bits per heavy atom. The molecule has 9 heteroatoms. The van der Waals surface area contributed by atoms with Crippen molar-refractivity contribution < 1.29 is 33.2 Å². The van der Waals surface area contributed by atoms with E-state index in [1.165, 1.54) is 14.2 Å². The zero-order chi connectivity index (χ0) is 26.7. The van der Waals surface area contributed by atoms with Crippen molar-refractivity contribution in [3.8, 4) is 35.2 Å². The summed E-state index contributed by atoms with van der Waals surface area (Å²) in [6, 6.07) is 3.37. The Morgan fingerprint density at radius 3 is 2.87 bits per heavy atom. The zero-order valence-electron chi connectivity index (χ0n) is 21.6. The highest BCUT2D eigenvalue weighted by atomic mass is 35.5. The van der Waals surface area contributed by atoms with E-state index in [-0.39, 0.29) is 42.0 Å². The van der Waals surface area contributed by atoms with E-state index in [2.05, 4.69) is 23.7 Å². The number of methoxy groups -OCH3 is 2. The average Bonchev–Trinajstić information content (AvgIpc) is 3.53. The minimum atomic E-state index is -1.08. The summed E-state index contributed by atoms with van der Waals surface area (Å²) < 4.78 is 36.3. The smallest absolute Gasteiger partial charge is 0.226 e. The molecule has 2 fully saturated rings. The molecule has 6 rings (SSSR count). The summed E-state index contributed by atoms with van der Waals surface area (Å²) >= 11 is 6.99. The minimum absolute atomic E-state index is 0.0101. The molecule has 0 aromatic heterocycles. The number of benzene rings is 1. The van der Waals surface area contributed by atoms with Crippen molar-refractivity contribution in [1.29, 1.82) is 0 Å². The summed E-state index contributed by atoms with van der Waals surface area (Å²) in [7, 11) is 3.06. The Bertz CT molecular complexity index is 1380. The topological polar surface area (TPSA) is 75.5 Å². The first kappa shape index (κ1) is 25.3. The molecule has 0 N–H and O–H groups in total. The summed E-state index contributed by atoms with van der Waals surface area (Å²) in [5.41, 5.74) is 1.01. The van der Waals surface area contributed by atoms with Gasteiger partial charge in [-0.15, -0.1) is 0 Å². The van der Waals surface area contributed by atoms with E-state index >= 15 is 0 Å². The molecule has 1 spiro atoms. The van der Waals surface area contributed by atoms with E-state index in [9.17, 15) is 4.79 Å². The molecule has 3 aliphatic heterocycles. The minimum Gasteiger partial charge on any atom is -0.493 e. The van der Waals surface area contributed by atoms with Gasteiger partial charge < -0.3 is 33.3 Å². The molecule has 0 radical (unpaired) electrons. The van der Waals surface area contributed by atoms with Crippen LogP contribution in [0, 0.1) is 23.7 Å². The van der Waals surface area contributed by atoms with Crippen molar-refractivity contribution in [2.24, 2.45) is 0 Å². The lowest BCUT2D eigenvalue weighted by molar-refractivity contribution is -0.166. The number of ether oxygens (including phenoxy) is 6. The zero-order valence-corrected chi connectivity index (χ0v) is 22.4. The summed E-state index contributed by atoms with van der Waals surface area (Å²) in [6.07, 6.45) is 2.60. The van der Waals surface area contributed by atoms with Crippen LogP contribution in [-0.2, 0) is 23.7 Å². The molecule has 1 aromatic carbocycles. The molecule has 198 valence electrons. The van der Waals surface area contributed by atoms with Crippen LogP contribution >= 0.6 is 11.6 Å². The van der Waals surface area contributed by atoms with E-state index in [0.717, 1.165) is 11.1 Å². The number of allylic oxidation sites excluding steroid dienone is 1. The predicted octanol–water partition coefficient (Wildman–Crippen LogP) is 3.54. The summed E-state index contributed by atoms with van der Waals surface area (Å²) in [6.45, 7) is 4.28. The highest BCUT2D eigenvalue weighted by molar-refractivity contribution is 6.33. The van der Waals surface area contributed by atoms with Crippen LogP contribution in [0.5, 0.6) is 11.5 Å². The van der Waals surface area contributed by atoms with Gasteiger partial charge in [0, 0.05) is 36.4 Å². The molecular weight excluding hydrogens is 510 g/mol. The van der Waals surface area contributed by atoms with E-state index in [4.69, 9.17) is 40.0 Å². The number of hydrogen-bond donors (Lipinski definition) is 0. The van der Waals surface area contributed by atoms with Gasteiger partial charge in [0.2, 0.25) is 5.91 Å². The van der Waals surface area contributed by atoms with Crippen molar-refractivity contribution in [1.82, 2.24) is 4.90 Å². The molecule has 1 amide bonds. The molecule has 0 saturated carbocycles. The summed E-state index contributed by atoms with van der Waals surface area (Å²) in [5, 5.41) is 0.260. The van der Waals surface area contributed by atoms with Gasteiger partial charge >= 0.3 is 0 Å². The fourth-order valence-corrected chi connectivity index (χ4v) is 5.93. The molecule has 1 aromatic rings. The van der Waals surface area contributed by atoms with Crippen LogP contribution in [0.2, 0.25) is 5.02 Å². The van der Waals surface area contributed by atoms with Gasteiger partial charge in [0.25, 0.3) is 0 Å². The van der Waals surface area contributed by atoms with Crippen LogP contribution in [0.15, 0.2) is 35.4 Å². The van der Waals surface area contributed by atoms with Gasteiger partial charge in [0.05, 0.1) is 30.7 Å². The van der Waals surface area contributed by atoms with E-state index in [1.54, 1.807) is 23.1 Å². The monoisotopic (exact) mass is 537 g/mol. The van der Waals surface area contributed by atoms with Crippen molar-refractivity contribution in [2.45, 2.75) is 62.4 Å². The second kappa shape index (κ2) is 9.34. The lowest BCUT2D eigenvalue weighted by atomic mass is 9.87. The molecule has 3 heterocycles. The summed E-state index contributed by atoms with van der Waals surface area (Å²) in [4.78, 5) is 15.1. The van der Waals surface area contributed by atoms with Crippen LogP contribution < -0.4 is 9.47 Å². The molecule has 8 nitrogen and oxygen atoms in total. The first-order valence-electron chi connectivity index (χ1n) is 12.5. The number of halogens is 1. The molecule has 38 heavy (non-hydrogen) atoms. The Hall–Kier alpha value is -2.98. The normalized spacial score (nSPS) is 33.3. The number of rotatable bonds is 4. The second-order valence-electron chi connectivity index (χ2n) is 10.2. The van der Waals surface area contributed by atoms with Gasteiger partial charge in [-0.1, -0.05) is 47.4 Å². The van der Waals surface area contributed by atoms with Crippen LogP contribution in [0.1, 0.15) is 38.4 Å². The maximum absolute atomic E-state index is 13.3. The van der Waals surface area contributed by atoms with Crippen molar-refractivity contribution in [3.63, 3.8) is 0 Å². The molecule has 5 aliphatic rings. The number of nitrogens with zero attached hydrogens (tertiary/aromatic N) is 1. The van der Waals surface area contributed by atoms with Gasteiger partial charge in [-0.05, 0) is 26.3 Å². The van der Waals surface area contributed by atoms with Crippen LogP contribution in [0.3, 0.4) is 0 Å². The SMILES string of the molecule is COCO[C@@H]1CC(=O)N2CC2/C2=C/C#C[C@@H](Oc3c(OC)ccc1c3Cl)[C@@]13OC(C)(C)O[C@@H]1CC=C3C#C2. The largest absolute Gasteiger partial charge is 0.493 e. The number of amides is 1. The standard InChI is InChI=1S/C29H28ClNO7/c1-28(2)37-24-13-10-18-9-8-17-6-5-7-23(29(18,24)38-28)36-27-21(34-4)12-11-19(26(27)30)22(35-16-33-3)14-25(32)31-15-20(17)31/h6,10-12,20,22-24H,13-16H2,1-4H3/b17-6+/t20?,22-,23-,24-,29-,31?/m1/s1. The molecule has 2 saturated heterocycles. The maximum atomic E-state index is 13.3. The fourth-order valence-electron chi connectivity index (χ4n) is 5.61. The Balaban J connectivity index is 1.55. The van der Waals surface area contributed by atoms with Gasteiger partial charge in [0.15, 0.2) is 29.0 Å². The highest BCUT2D eigenvalue weighted by Crippen LogP contribution is 2.51. The Kier molecular flexibility index (Phi) is 6.22. The lowest BCUT2D eigenvalue weighted by Gasteiger charge is -2.35. The van der Waals surface area contributed by atoms with Gasteiger partial charge in [-0.3, -0.25) is 4.79 Å². The number of carbonyl (C=O) groups excluding carboxylic acids is 1. The van der Waals surface area contributed by atoms with Crippen LogP contribution in [-0.4, -0.2) is 68.0 Å². The molecule has 1 unspecified atom stereocenters. The van der Waals surface area contributed by atoms with Crippen molar-refractivity contribution in [3.05, 3.63) is 46.0 Å². The fraction of sp³-hybridized carbons (Fsp3) is 0.483. The number of carbonyl (C=O) groups is 1. The van der Waals surface area contributed by atoms with Crippen LogP contribution in [0.25, 0.3) is 0 Å². The van der Waals surface area contributed by atoms with Gasteiger partial charge in [-0.2, -0.15) is 0 Å². The third-order valence-electron chi connectivity index (χ3n) is 7.38. The second-order valence-corrected chi connectivity index (χ2v) is 10.6. The molecule has 5 atom stereocenters. The van der Waals surface area contributed by atoms with Crippen molar-refractivity contribution >= 4 is 17.5 Å². The molecular formula is C29H28ClNO7. The van der Waals surface area contributed by atoms with E-state index < -0.39 is 23.6 Å². The first-order chi connectivity index (χ1) is 18.3. The maximum Gasteiger partial charge on any atom is 0.226 e. The lowest BCUT2D eigenvalue weighted by Crippen LogP contribution is -2.52. The Labute approximate surface area is 226 Å². The first-order valence-corrected chi connectivity index (χ1v) is 12.9. The van der Waals surface area contributed by atoms with E-state index in [0.29, 0.717) is 24.3 Å². The van der Waals surface area contributed by atoms with Crippen LogP contribution in [0.4, 0.5) is 0 Å². The van der Waals surface area contributed by atoms with Crippen molar-refractivity contribution in [2.75, 3.05) is 27.6 Å². The number of fused-ring (bicyclic) bond motifs is 6. The van der Waals surface area contributed by atoms with Gasteiger partial charge in [0.1, 0.15) is 12.9 Å².